The first kappa shape index (κ1) is 31.6. The SMILES string of the molecule is C/C(=C\CCC#C/C=C/[C@@H](C)[C@@H](O)/C(C)=C/CCc1ccc2ccccc2c1)C(=O)N[C@H](CO)Cc1ccccc1. The Morgan fingerprint density at radius 2 is 1.66 bits per heavy atom. The Labute approximate surface area is 245 Å². The van der Waals surface area contributed by atoms with Crippen LogP contribution in [0.15, 0.2) is 108 Å². The summed E-state index contributed by atoms with van der Waals surface area (Å²) in [5.74, 6) is 5.93. The molecule has 1 amide bonds. The van der Waals surface area contributed by atoms with Gasteiger partial charge in [0, 0.05) is 17.9 Å². The van der Waals surface area contributed by atoms with Crippen molar-refractivity contribution in [2.45, 2.75) is 65.0 Å². The highest BCUT2D eigenvalue weighted by atomic mass is 16.3. The lowest BCUT2D eigenvalue weighted by Crippen LogP contribution is -2.39. The molecule has 0 unspecified atom stereocenters. The molecule has 3 rings (SSSR count). The molecule has 0 bridgehead atoms. The molecule has 0 radical (unpaired) electrons. The quantitative estimate of drug-likeness (QED) is 0.0959. The van der Waals surface area contributed by atoms with Gasteiger partial charge in [0.1, 0.15) is 0 Å². The second-order valence-electron chi connectivity index (χ2n) is 10.6. The van der Waals surface area contributed by atoms with Crippen molar-refractivity contribution in [3.8, 4) is 11.8 Å². The van der Waals surface area contributed by atoms with E-state index in [9.17, 15) is 15.0 Å². The van der Waals surface area contributed by atoms with Gasteiger partial charge in [-0.05, 0) is 73.1 Å². The first-order valence-corrected chi connectivity index (χ1v) is 14.5. The number of unbranched alkanes of at least 4 members (excludes halogenated alkanes) is 1. The third kappa shape index (κ3) is 10.9. The molecule has 0 aliphatic heterocycles. The lowest BCUT2D eigenvalue weighted by atomic mass is 9.96. The predicted molar refractivity (Wildman–Crippen MR) is 170 cm³/mol. The molecule has 214 valence electrons. The third-order valence-corrected chi connectivity index (χ3v) is 7.22. The van der Waals surface area contributed by atoms with Crippen LogP contribution in [0, 0.1) is 17.8 Å². The minimum atomic E-state index is -0.543. The molecule has 0 aromatic heterocycles. The first-order chi connectivity index (χ1) is 19.9. The van der Waals surface area contributed by atoms with E-state index in [1.165, 1.54) is 16.3 Å². The monoisotopic (exact) mass is 549 g/mol. The number of rotatable bonds is 13. The number of aryl methyl sites for hydroxylation is 1. The van der Waals surface area contributed by atoms with E-state index in [1.807, 2.05) is 56.3 Å². The molecule has 0 saturated heterocycles. The van der Waals surface area contributed by atoms with Crippen molar-refractivity contribution in [2.75, 3.05) is 6.61 Å². The van der Waals surface area contributed by atoms with Crippen LogP contribution in [-0.2, 0) is 17.6 Å². The zero-order valence-corrected chi connectivity index (χ0v) is 24.5. The Morgan fingerprint density at radius 1 is 0.927 bits per heavy atom. The number of hydrogen-bond acceptors (Lipinski definition) is 3. The molecule has 41 heavy (non-hydrogen) atoms. The Morgan fingerprint density at radius 3 is 2.41 bits per heavy atom. The highest BCUT2D eigenvalue weighted by Gasteiger charge is 2.14. The number of allylic oxidation sites excluding steroid dienone is 3. The predicted octanol–water partition coefficient (Wildman–Crippen LogP) is 6.72. The van der Waals surface area contributed by atoms with Crippen LogP contribution in [0.3, 0.4) is 0 Å². The molecule has 3 atom stereocenters. The van der Waals surface area contributed by atoms with Crippen LogP contribution in [0.5, 0.6) is 0 Å². The number of benzene rings is 3. The van der Waals surface area contributed by atoms with Gasteiger partial charge in [-0.25, -0.2) is 0 Å². The fraction of sp³-hybridized carbons (Fsp3) is 0.324. The summed E-state index contributed by atoms with van der Waals surface area (Å²) < 4.78 is 0. The van der Waals surface area contributed by atoms with E-state index in [0.29, 0.717) is 24.8 Å². The molecule has 3 aromatic carbocycles. The normalized spacial score (nSPS) is 14.4. The van der Waals surface area contributed by atoms with Gasteiger partial charge in [-0.3, -0.25) is 4.79 Å². The molecule has 0 heterocycles. The minimum Gasteiger partial charge on any atom is -0.394 e. The van der Waals surface area contributed by atoms with E-state index in [-0.39, 0.29) is 24.5 Å². The fourth-order valence-corrected chi connectivity index (χ4v) is 4.65. The van der Waals surface area contributed by atoms with Crippen LogP contribution in [0.4, 0.5) is 0 Å². The van der Waals surface area contributed by atoms with Gasteiger partial charge in [-0.2, -0.15) is 0 Å². The number of carbonyl (C=O) groups is 1. The molecule has 0 saturated carbocycles. The van der Waals surface area contributed by atoms with Crippen molar-refractivity contribution in [2.24, 2.45) is 5.92 Å². The molecule has 0 fully saturated rings. The summed E-state index contributed by atoms with van der Waals surface area (Å²) in [4.78, 5) is 12.5. The first-order valence-electron chi connectivity index (χ1n) is 14.5. The molecular formula is C37H43NO3. The van der Waals surface area contributed by atoms with E-state index >= 15 is 0 Å². The van der Waals surface area contributed by atoms with Crippen LogP contribution >= 0.6 is 0 Å². The van der Waals surface area contributed by atoms with Gasteiger partial charge in [-0.15, -0.1) is 0 Å². The molecule has 4 heteroatoms. The average Bonchev–Trinajstić information content (AvgIpc) is 2.99. The van der Waals surface area contributed by atoms with Crippen LogP contribution in [0.1, 0.15) is 51.2 Å². The summed E-state index contributed by atoms with van der Waals surface area (Å²) in [6.07, 6.45) is 10.9. The summed E-state index contributed by atoms with van der Waals surface area (Å²) in [6.45, 7) is 5.64. The summed E-state index contributed by atoms with van der Waals surface area (Å²) in [5, 5.41) is 25.8. The van der Waals surface area contributed by atoms with Gasteiger partial charge in [0.15, 0.2) is 0 Å². The van der Waals surface area contributed by atoms with Crippen molar-refractivity contribution >= 4 is 16.7 Å². The Kier molecular flexibility index (Phi) is 13.1. The number of aliphatic hydroxyl groups excluding tert-OH is 2. The lowest BCUT2D eigenvalue weighted by molar-refractivity contribution is -0.118. The van der Waals surface area contributed by atoms with Crippen molar-refractivity contribution in [1.82, 2.24) is 5.32 Å². The maximum absolute atomic E-state index is 12.5. The van der Waals surface area contributed by atoms with E-state index in [0.717, 1.165) is 24.0 Å². The van der Waals surface area contributed by atoms with Crippen molar-refractivity contribution in [1.29, 1.82) is 0 Å². The second kappa shape index (κ2) is 17.0. The van der Waals surface area contributed by atoms with Gasteiger partial charge < -0.3 is 15.5 Å². The summed E-state index contributed by atoms with van der Waals surface area (Å²) in [6, 6.07) is 24.5. The van der Waals surface area contributed by atoms with E-state index in [1.54, 1.807) is 13.0 Å². The summed E-state index contributed by atoms with van der Waals surface area (Å²) >= 11 is 0. The number of nitrogens with one attached hydrogen (secondary N) is 1. The van der Waals surface area contributed by atoms with Gasteiger partial charge in [0.25, 0.3) is 0 Å². The molecule has 0 aliphatic rings. The van der Waals surface area contributed by atoms with Crippen LogP contribution in [-0.4, -0.2) is 34.9 Å². The molecule has 4 nitrogen and oxygen atoms in total. The van der Waals surface area contributed by atoms with Crippen molar-refractivity contribution in [3.63, 3.8) is 0 Å². The largest absolute Gasteiger partial charge is 0.394 e. The fourth-order valence-electron chi connectivity index (χ4n) is 4.65. The maximum atomic E-state index is 12.5. The van der Waals surface area contributed by atoms with Gasteiger partial charge in [-0.1, -0.05) is 110 Å². The van der Waals surface area contributed by atoms with Crippen LogP contribution in [0.25, 0.3) is 10.8 Å². The third-order valence-electron chi connectivity index (χ3n) is 7.22. The summed E-state index contributed by atoms with van der Waals surface area (Å²) in [5.41, 5.74) is 3.96. The molecule has 0 spiro atoms. The lowest BCUT2D eigenvalue weighted by Gasteiger charge is -2.16. The van der Waals surface area contributed by atoms with Crippen LogP contribution < -0.4 is 5.32 Å². The number of amides is 1. The molecule has 0 aliphatic carbocycles. The minimum absolute atomic E-state index is 0.0394. The van der Waals surface area contributed by atoms with E-state index in [4.69, 9.17) is 0 Å². The van der Waals surface area contributed by atoms with Crippen molar-refractivity contribution in [3.05, 3.63) is 119 Å². The maximum Gasteiger partial charge on any atom is 0.246 e. The van der Waals surface area contributed by atoms with Gasteiger partial charge in [0.05, 0.1) is 18.8 Å². The smallest absolute Gasteiger partial charge is 0.246 e. The topological polar surface area (TPSA) is 69.6 Å². The number of hydrogen-bond donors (Lipinski definition) is 3. The zero-order chi connectivity index (χ0) is 29.5. The van der Waals surface area contributed by atoms with Crippen molar-refractivity contribution < 1.29 is 15.0 Å². The van der Waals surface area contributed by atoms with Crippen LogP contribution in [0.2, 0.25) is 0 Å². The van der Waals surface area contributed by atoms with Gasteiger partial charge >= 0.3 is 0 Å². The number of aliphatic hydroxyl groups is 2. The highest BCUT2D eigenvalue weighted by Crippen LogP contribution is 2.18. The summed E-state index contributed by atoms with van der Waals surface area (Å²) in [7, 11) is 0. The van der Waals surface area contributed by atoms with E-state index < -0.39 is 6.10 Å². The number of fused-ring (bicyclic) bond motifs is 1. The van der Waals surface area contributed by atoms with Gasteiger partial charge in [0.2, 0.25) is 5.91 Å². The second-order valence-corrected chi connectivity index (χ2v) is 10.6. The standard InChI is InChI=1S/C37H43NO3/c1-28(36(40)29(2)17-14-20-32-23-24-33-21-12-13-22-34(33)25-32)15-8-5-4-6-9-16-30(3)37(41)38-35(27-39)26-31-18-10-7-11-19-31/h7-8,10-13,15-19,21-25,28,35-36,39-40H,6,9,14,20,26-27H2,1-3H3,(H,38,41)/b15-8+,29-17+,30-16+/t28-,35+,36-/m1/s1. The Bertz CT molecular complexity index is 1410. The van der Waals surface area contributed by atoms with E-state index in [2.05, 4.69) is 65.7 Å². The molecular weight excluding hydrogens is 506 g/mol. The highest BCUT2D eigenvalue weighted by molar-refractivity contribution is 5.93. The Hall–Kier alpha value is -3.91. The molecule has 3 aromatic rings. The molecule has 3 N–H and O–H groups in total. The Balaban J connectivity index is 1.38. The zero-order valence-electron chi connectivity index (χ0n) is 24.5. The average molecular weight is 550 g/mol. The number of carbonyl (C=O) groups excluding carboxylic acids is 1.